The van der Waals surface area contributed by atoms with E-state index in [2.05, 4.69) is 0 Å². The van der Waals surface area contributed by atoms with Crippen molar-refractivity contribution in [3.63, 3.8) is 0 Å². The van der Waals surface area contributed by atoms with Crippen molar-refractivity contribution >= 4 is 9.84 Å². The Morgan fingerprint density at radius 2 is 1.68 bits per heavy atom. The number of aryl methyl sites for hydroxylation is 1. The monoisotopic (exact) mass is 324 g/mol. The maximum atomic E-state index is 12.7. The van der Waals surface area contributed by atoms with Crippen LogP contribution in [0.5, 0.6) is 5.75 Å². The van der Waals surface area contributed by atoms with E-state index in [0.717, 1.165) is 5.56 Å². The number of hydrogen-bond acceptors (Lipinski definition) is 4. The Hall–Kier alpha value is -1.92. The summed E-state index contributed by atoms with van der Waals surface area (Å²) < 4.78 is 42.4. The predicted octanol–water partition coefficient (Wildman–Crippen LogP) is 2.70. The first-order valence-electron chi connectivity index (χ1n) is 6.76. The third-order valence-corrected chi connectivity index (χ3v) is 5.04. The van der Waals surface area contributed by atoms with E-state index in [0.29, 0.717) is 5.75 Å². The Balaban J connectivity index is 1.94. The van der Waals surface area contributed by atoms with Crippen molar-refractivity contribution in [1.82, 2.24) is 0 Å². The second-order valence-electron chi connectivity index (χ2n) is 4.90. The van der Waals surface area contributed by atoms with Crippen LogP contribution >= 0.6 is 0 Å². The highest BCUT2D eigenvalue weighted by Crippen LogP contribution is 2.18. The molecule has 1 N–H and O–H groups in total. The molecule has 0 saturated heterocycles. The summed E-state index contributed by atoms with van der Waals surface area (Å²) in [4.78, 5) is 0.0763. The molecule has 0 amide bonds. The Bertz CT molecular complexity index is 709. The molecule has 0 aliphatic rings. The van der Waals surface area contributed by atoms with Crippen LogP contribution in [-0.2, 0) is 9.84 Å². The molecule has 0 radical (unpaired) electrons. The van der Waals surface area contributed by atoms with Crippen molar-refractivity contribution in [3.05, 3.63) is 59.9 Å². The lowest BCUT2D eigenvalue weighted by Crippen LogP contribution is -2.23. The van der Waals surface area contributed by atoms with Gasteiger partial charge in [0.1, 0.15) is 11.6 Å². The third-order valence-electron chi connectivity index (χ3n) is 3.15. The molecule has 22 heavy (non-hydrogen) atoms. The maximum absolute atomic E-state index is 12.7. The van der Waals surface area contributed by atoms with Gasteiger partial charge in [-0.25, -0.2) is 12.8 Å². The minimum absolute atomic E-state index is 0.0118. The van der Waals surface area contributed by atoms with Gasteiger partial charge < -0.3 is 9.84 Å². The maximum Gasteiger partial charge on any atom is 0.205 e. The lowest BCUT2D eigenvalue weighted by atomic mass is 10.2. The van der Waals surface area contributed by atoms with Crippen LogP contribution in [0.4, 0.5) is 4.39 Å². The summed E-state index contributed by atoms with van der Waals surface area (Å²) in [6.07, 6.45) is -0.0758. The Morgan fingerprint density at radius 1 is 1.09 bits per heavy atom. The van der Waals surface area contributed by atoms with E-state index in [1.54, 1.807) is 12.1 Å². The summed E-state index contributed by atoms with van der Waals surface area (Å²) in [5, 5.41) is 9.89. The molecule has 0 aliphatic carbocycles. The molecule has 118 valence electrons. The van der Waals surface area contributed by atoms with Crippen LogP contribution in [0.15, 0.2) is 53.4 Å². The predicted molar refractivity (Wildman–Crippen MR) is 80.9 cm³/mol. The van der Waals surface area contributed by atoms with E-state index in [4.69, 9.17) is 4.74 Å². The number of ether oxygens (including phenoxy) is 1. The Kier molecular flexibility index (Phi) is 5.15. The molecule has 6 heteroatoms. The minimum Gasteiger partial charge on any atom is -0.493 e. The lowest BCUT2D eigenvalue weighted by molar-refractivity contribution is 0.199. The number of aliphatic hydroxyl groups is 1. The first kappa shape index (κ1) is 16.5. The standard InChI is InChI=1S/C16H17FO4S/c1-12-2-8-15(9-3-12)22(19,20)16(18)10-11-21-14-6-4-13(17)5-7-14/h2-9,16,18H,10-11H2,1H3. The summed E-state index contributed by atoms with van der Waals surface area (Å²) in [6, 6.07) is 11.7. The quantitative estimate of drug-likeness (QED) is 0.887. The summed E-state index contributed by atoms with van der Waals surface area (Å²) in [7, 11) is -3.80. The second-order valence-corrected chi connectivity index (χ2v) is 7.01. The van der Waals surface area contributed by atoms with Crippen molar-refractivity contribution in [3.8, 4) is 5.75 Å². The molecule has 0 bridgehead atoms. The molecule has 1 unspecified atom stereocenters. The fraction of sp³-hybridized carbons (Fsp3) is 0.250. The van der Waals surface area contributed by atoms with Crippen molar-refractivity contribution in [2.75, 3.05) is 6.61 Å². The summed E-state index contributed by atoms with van der Waals surface area (Å²) in [5.74, 6) is 0.0377. The highest BCUT2D eigenvalue weighted by molar-refractivity contribution is 7.91. The first-order valence-corrected chi connectivity index (χ1v) is 8.31. The van der Waals surface area contributed by atoms with Gasteiger partial charge in [-0.05, 0) is 43.3 Å². The van der Waals surface area contributed by atoms with Crippen LogP contribution in [0.3, 0.4) is 0 Å². The van der Waals surface area contributed by atoms with Crippen LogP contribution in [0.2, 0.25) is 0 Å². The fourth-order valence-electron chi connectivity index (χ4n) is 1.85. The van der Waals surface area contributed by atoms with Crippen LogP contribution in [0, 0.1) is 12.7 Å². The molecule has 0 fully saturated rings. The SMILES string of the molecule is Cc1ccc(S(=O)(=O)C(O)CCOc2ccc(F)cc2)cc1. The smallest absolute Gasteiger partial charge is 0.205 e. The molecule has 2 aromatic rings. The zero-order chi connectivity index (χ0) is 16.2. The van der Waals surface area contributed by atoms with Crippen LogP contribution < -0.4 is 4.74 Å². The average Bonchev–Trinajstić information content (AvgIpc) is 2.49. The van der Waals surface area contributed by atoms with Gasteiger partial charge >= 0.3 is 0 Å². The van der Waals surface area contributed by atoms with Gasteiger partial charge in [0.25, 0.3) is 0 Å². The second kappa shape index (κ2) is 6.89. The number of rotatable bonds is 6. The van der Waals surface area contributed by atoms with Crippen LogP contribution in [0.25, 0.3) is 0 Å². The Labute approximate surface area is 129 Å². The molecular weight excluding hydrogens is 307 g/mol. The van der Waals surface area contributed by atoms with Crippen molar-refractivity contribution < 1.29 is 22.7 Å². The van der Waals surface area contributed by atoms with Gasteiger partial charge in [0.15, 0.2) is 5.44 Å². The topological polar surface area (TPSA) is 63.6 Å². The minimum atomic E-state index is -3.80. The summed E-state index contributed by atoms with van der Waals surface area (Å²) in [6.45, 7) is 1.86. The van der Waals surface area contributed by atoms with Crippen molar-refractivity contribution in [1.29, 1.82) is 0 Å². The normalized spacial score (nSPS) is 12.9. The molecule has 1 atom stereocenters. The fourth-order valence-corrected chi connectivity index (χ4v) is 3.08. The zero-order valence-corrected chi connectivity index (χ0v) is 12.9. The van der Waals surface area contributed by atoms with Crippen molar-refractivity contribution in [2.45, 2.75) is 23.7 Å². The van der Waals surface area contributed by atoms with E-state index in [-0.39, 0.29) is 23.7 Å². The molecule has 0 saturated carbocycles. The average molecular weight is 324 g/mol. The molecule has 2 aromatic carbocycles. The molecule has 0 aromatic heterocycles. The van der Waals surface area contributed by atoms with Crippen molar-refractivity contribution in [2.24, 2.45) is 0 Å². The van der Waals surface area contributed by atoms with E-state index in [1.807, 2.05) is 6.92 Å². The van der Waals surface area contributed by atoms with E-state index < -0.39 is 15.3 Å². The Morgan fingerprint density at radius 3 is 2.27 bits per heavy atom. The van der Waals surface area contributed by atoms with Crippen LogP contribution in [0.1, 0.15) is 12.0 Å². The zero-order valence-electron chi connectivity index (χ0n) is 12.1. The molecule has 0 aliphatic heterocycles. The number of sulfone groups is 1. The summed E-state index contributed by atoms with van der Waals surface area (Å²) in [5.41, 5.74) is -0.608. The number of benzene rings is 2. The van der Waals surface area contributed by atoms with Gasteiger partial charge in [0, 0.05) is 6.42 Å². The van der Waals surface area contributed by atoms with Gasteiger partial charge in [-0.15, -0.1) is 0 Å². The van der Waals surface area contributed by atoms with Gasteiger partial charge in [0.05, 0.1) is 11.5 Å². The van der Waals surface area contributed by atoms with E-state index in [9.17, 15) is 17.9 Å². The molecule has 0 spiro atoms. The highest BCUT2D eigenvalue weighted by Gasteiger charge is 2.24. The van der Waals surface area contributed by atoms with Gasteiger partial charge in [-0.2, -0.15) is 0 Å². The van der Waals surface area contributed by atoms with E-state index in [1.165, 1.54) is 36.4 Å². The summed E-state index contributed by atoms with van der Waals surface area (Å²) >= 11 is 0. The van der Waals surface area contributed by atoms with Crippen LogP contribution in [-0.4, -0.2) is 25.6 Å². The largest absolute Gasteiger partial charge is 0.493 e. The highest BCUT2D eigenvalue weighted by atomic mass is 32.2. The number of halogens is 1. The first-order chi connectivity index (χ1) is 10.4. The van der Waals surface area contributed by atoms with E-state index >= 15 is 0 Å². The molecule has 4 nitrogen and oxygen atoms in total. The number of aliphatic hydroxyl groups excluding tert-OH is 1. The van der Waals surface area contributed by atoms with Gasteiger partial charge in [-0.1, -0.05) is 17.7 Å². The number of hydrogen-bond donors (Lipinski definition) is 1. The molecule has 0 heterocycles. The molecular formula is C16H17FO4S. The van der Waals surface area contributed by atoms with Gasteiger partial charge in [-0.3, -0.25) is 0 Å². The lowest BCUT2D eigenvalue weighted by Gasteiger charge is -2.13. The molecule has 2 rings (SSSR count). The third kappa shape index (κ3) is 4.05. The van der Waals surface area contributed by atoms with Gasteiger partial charge in [0.2, 0.25) is 9.84 Å².